The average molecular weight is 309 g/mol. The lowest BCUT2D eigenvalue weighted by atomic mass is 9.81. The zero-order valence-corrected chi connectivity index (χ0v) is 13.9. The maximum absolute atomic E-state index is 9.81. The molecule has 2 heterocycles. The molecule has 22 heavy (non-hydrogen) atoms. The Bertz CT molecular complexity index is 379. The fourth-order valence-electron chi connectivity index (χ4n) is 4.37. The van der Waals surface area contributed by atoms with Crippen LogP contribution >= 0.6 is 0 Å². The van der Waals surface area contributed by atoms with Gasteiger partial charge in [-0.2, -0.15) is 0 Å². The van der Waals surface area contributed by atoms with Crippen LogP contribution in [0.1, 0.15) is 38.5 Å². The Morgan fingerprint density at radius 2 is 1.86 bits per heavy atom. The van der Waals surface area contributed by atoms with E-state index in [0.29, 0.717) is 0 Å². The lowest BCUT2D eigenvalue weighted by molar-refractivity contribution is -0.0134. The summed E-state index contributed by atoms with van der Waals surface area (Å²) in [5.41, 5.74) is -0.0410. The van der Waals surface area contributed by atoms with Crippen LogP contribution in [0.25, 0.3) is 0 Å². The third-order valence-electron chi connectivity index (χ3n) is 6.00. The van der Waals surface area contributed by atoms with E-state index in [1.165, 1.54) is 25.7 Å². The molecule has 0 aromatic rings. The van der Waals surface area contributed by atoms with Gasteiger partial charge in [0.25, 0.3) is 0 Å². The third kappa shape index (κ3) is 3.40. The predicted molar refractivity (Wildman–Crippen MR) is 88.0 cm³/mol. The van der Waals surface area contributed by atoms with Crippen molar-refractivity contribution in [2.45, 2.75) is 38.5 Å². The van der Waals surface area contributed by atoms with E-state index in [2.05, 4.69) is 15.2 Å². The minimum absolute atomic E-state index is 0.0410. The number of aliphatic hydroxyl groups excluding tert-OH is 1. The van der Waals surface area contributed by atoms with Crippen LogP contribution in [0.2, 0.25) is 0 Å². The SMILES string of the molecule is CN=C(NCC1(CO)CCOCC1)N1CC2CCCCC2C1. The van der Waals surface area contributed by atoms with Crippen LogP contribution in [0.4, 0.5) is 0 Å². The number of aliphatic hydroxyl groups is 1. The fourth-order valence-corrected chi connectivity index (χ4v) is 4.37. The Morgan fingerprint density at radius 3 is 2.41 bits per heavy atom. The first-order chi connectivity index (χ1) is 10.8. The Balaban J connectivity index is 1.56. The predicted octanol–water partition coefficient (Wildman–Crippen LogP) is 1.47. The van der Waals surface area contributed by atoms with Crippen LogP contribution in [-0.2, 0) is 4.74 Å². The smallest absolute Gasteiger partial charge is 0.193 e. The zero-order chi connectivity index (χ0) is 15.4. The van der Waals surface area contributed by atoms with Gasteiger partial charge in [-0.05, 0) is 37.5 Å². The van der Waals surface area contributed by atoms with Crippen LogP contribution < -0.4 is 5.32 Å². The zero-order valence-electron chi connectivity index (χ0n) is 13.9. The van der Waals surface area contributed by atoms with Gasteiger partial charge in [-0.25, -0.2) is 0 Å². The summed E-state index contributed by atoms with van der Waals surface area (Å²) >= 11 is 0. The number of likely N-dealkylation sites (tertiary alicyclic amines) is 1. The van der Waals surface area contributed by atoms with E-state index in [1.54, 1.807) is 0 Å². The Hall–Kier alpha value is -0.810. The van der Waals surface area contributed by atoms with Crippen molar-refractivity contribution in [2.24, 2.45) is 22.2 Å². The van der Waals surface area contributed by atoms with E-state index in [9.17, 15) is 5.11 Å². The molecule has 3 rings (SSSR count). The second kappa shape index (κ2) is 7.18. The first kappa shape index (κ1) is 16.1. The number of fused-ring (bicyclic) bond motifs is 1. The number of ether oxygens (including phenoxy) is 1. The number of hydrogen-bond donors (Lipinski definition) is 2. The average Bonchev–Trinajstić information content (AvgIpc) is 3.00. The summed E-state index contributed by atoms with van der Waals surface area (Å²) in [7, 11) is 1.87. The minimum Gasteiger partial charge on any atom is -0.396 e. The first-order valence-electron chi connectivity index (χ1n) is 8.90. The summed E-state index contributed by atoms with van der Waals surface area (Å²) in [4.78, 5) is 6.93. The van der Waals surface area contributed by atoms with E-state index in [-0.39, 0.29) is 12.0 Å². The number of aliphatic imine (C=N–C) groups is 1. The fraction of sp³-hybridized carbons (Fsp3) is 0.941. The van der Waals surface area contributed by atoms with Gasteiger partial charge in [0.05, 0.1) is 6.61 Å². The largest absolute Gasteiger partial charge is 0.396 e. The van der Waals surface area contributed by atoms with Crippen molar-refractivity contribution in [1.29, 1.82) is 0 Å². The maximum Gasteiger partial charge on any atom is 0.193 e. The molecule has 0 bridgehead atoms. The molecule has 126 valence electrons. The molecule has 0 aromatic carbocycles. The quantitative estimate of drug-likeness (QED) is 0.612. The molecule has 0 amide bonds. The van der Waals surface area contributed by atoms with Gasteiger partial charge < -0.3 is 20.1 Å². The van der Waals surface area contributed by atoms with Crippen molar-refractivity contribution in [2.75, 3.05) is 46.5 Å². The molecule has 5 heteroatoms. The van der Waals surface area contributed by atoms with Crippen LogP contribution in [0.3, 0.4) is 0 Å². The molecule has 2 atom stereocenters. The monoisotopic (exact) mass is 309 g/mol. The molecule has 0 spiro atoms. The van der Waals surface area contributed by atoms with Gasteiger partial charge in [-0.1, -0.05) is 12.8 Å². The van der Waals surface area contributed by atoms with E-state index in [0.717, 1.165) is 63.5 Å². The molecular weight excluding hydrogens is 278 g/mol. The summed E-state index contributed by atoms with van der Waals surface area (Å²) in [6, 6.07) is 0. The molecule has 2 saturated heterocycles. The van der Waals surface area contributed by atoms with Gasteiger partial charge in [0, 0.05) is 45.3 Å². The Kier molecular flexibility index (Phi) is 5.24. The number of rotatable bonds is 3. The van der Waals surface area contributed by atoms with Gasteiger partial charge >= 0.3 is 0 Å². The maximum atomic E-state index is 9.81. The van der Waals surface area contributed by atoms with Crippen molar-refractivity contribution < 1.29 is 9.84 Å². The van der Waals surface area contributed by atoms with Crippen molar-refractivity contribution in [3.8, 4) is 0 Å². The second-order valence-electron chi connectivity index (χ2n) is 7.38. The van der Waals surface area contributed by atoms with E-state index >= 15 is 0 Å². The highest BCUT2D eigenvalue weighted by atomic mass is 16.5. The molecular formula is C17H31N3O2. The highest BCUT2D eigenvalue weighted by Crippen LogP contribution is 2.36. The van der Waals surface area contributed by atoms with E-state index < -0.39 is 0 Å². The van der Waals surface area contributed by atoms with E-state index in [4.69, 9.17) is 4.74 Å². The van der Waals surface area contributed by atoms with Gasteiger partial charge in [-0.3, -0.25) is 4.99 Å². The molecule has 0 aromatic heterocycles. The van der Waals surface area contributed by atoms with Gasteiger partial charge in [0.1, 0.15) is 0 Å². The second-order valence-corrected chi connectivity index (χ2v) is 7.38. The Morgan fingerprint density at radius 1 is 1.23 bits per heavy atom. The number of hydrogen-bond acceptors (Lipinski definition) is 3. The van der Waals surface area contributed by atoms with E-state index in [1.807, 2.05) is 7.05 Å². The van der Waals surface area contributed by atoms with Gasteiger partial charge in [0.2, 0.25) is 0 Å². The first-order valence-corrected chi connectivity index (χ1v) is 8.90. The number of guanidine groups is 1. The van der Waals surface area contributed by atoms with Crippen LogP contribution in [0.15, 0.2) is 4.99 Å². The van der Waals surface area contributed by atoms with Crippen LogP contribution in [0.5, 0.6) is 0 Å². The third-order valence-corrected chi connectivity index (χ3v) is 6.00. The normalized spacial score (nSPS) is 31.9. The van der Waals surface area contributed by atoms with Crippen molar-refractivity contribution in [1.82, 2.24) is 10.2 Å². The summed E-state index contributed by atoms with van der Waals surface area (Å²) in [5.74, 6) is 2.75. The van der Waals surface area contributed by atoms with Crippen LogP contribution in [0, 0.1) is 17.3 Å². The molecule has 3 aliphatic rings. The standard InChI is InChI=1S/C17H31N3O2/c1-18-16(19-12-17(13-21)6-8-22-9-7-17)20-10-14-4-2-3-5-15(14)11-20/h14-15,21H,2-13H2,1H3,(H,18,19). The van der Waals surface area contributed by atoms with Crippen LogP contribution in [-0.4, -0.2) is 62.5 Å². The number of nitrogens with zero attached hydrogens (tertiary/aromatic N) is 2. The molecule has 5 nitrogen and oxygen atoms in total. The molecule has 2 aliphatic heterocycles. The van der Waals surface area contributed by atoms with Gasteiger partial charge in [-0.15, -0.1) is 0 Å². The molecule has 3 fully saturated rings. The minimum atomic E-state index is -0.0410. The molecule has 1 saturated carbocycles. The van der Waals surface area contributed by atoms with Gasteiger partial charge in [0.15, 0.2) is 5.96 Å². The molecule has 1 aliphatic carbocycles. The summed E-state index contributed by atoms with van der Waals surface area (Å²) in [6.45, 7) is 4.85. The number of nitrogens with one attached hydrogen (secondary N) is 1. The summed E-state index contributed by atoms with van der Waals surface area (Å²) in [6.07, 6.45) is 7.42. The summed E-state index contributed by atoms with van der Waals surface area (Å²) < 4.78 is 5.44. The lowest BCUT2D eigenvalue weighted by Crippen LogP contribution is -2.48. The molecule has 2 unspecified atom stereocenters. The van der Waals surface area contributed by atoms with Crippen molar-refractivity contribution in [3.05, 3.63) is 0 Å². The topological polar surface area (TPSA) is 57.1 Å². The highest BCUT2D eigenvalue weighted by molar-refractivity contribution is 5.80. The van der Waals surface area contributed by atoms with Crippen molar-refractivity contribution in [3.63, 3.8) is 0 Å². The lowest BCUT2D eigenvalue weighted by Gasteiger charge is -2.36. The summed E-state index contributed by atoms with van der Waals surface area (Å²) in [5, 5.41) is 13.4. The molecule has 2 N–H and O–H groups in total. The highest BCUT2D eigenvalue weighted by Gasteiger charge is 2.37. The molecule has 0 radical (unpaired) electrons. The Labute approximate surface area is 134 Å². The van der Waals surface area contributed by atoms with Crippen molar-refractivity contribution >= 4 is 5.96 Å².